The number of fused-ring (bicyclic) bond motifs is 1. The first-order valence-electron chi connectivity index (χ1n) is 9.98. The SMILES string of the molecule is CCOC(=O)C(C)(C)Sc1nncn1-c1sc(-c2ccccc2)c2c1CCCC2. The molecule has 0 saturated carbocycles. The molecule has 2 aromatic heterocycles. The topological polar surface area (TPSA) is 57.0 Å². The number of thiophene rings is 1. The minimum absolute atomic E-state index is 0.238. The number of thioether (sulfide) groups is 1. The predicted molar refractivity (Wildman–Crippen MR) is 118 cm³/mol. The molecule has 0 atom stereocenters. The number of nitrogens with zero attached hydrogens (tertiary/aromatic N) is 3. The van der Waals surface area contributed by atoms with Gasteiger partial charge in [-0.05, 0) is 63.1 Å². The van der Waals surface area contributed by atoms with Crippen molar-refractivity contribution in [2.75, 3.05) is 6.61 Å². The number of rotatable bonds is 6. The lowest BCUT2D eigenvalue weighted by Crippen LogP contribution is -2.30. The lowest BCUT2D eigenvalue weighted by atomic mass is 9.91. The summed E-state index contributed by atoms with van der Waals surface area (Å²) in [6.45, 7) is 5.93. The lowest BCUT2D eigenvalue weighted by Gasteiger charge is -2.21. The van der Waals surface area contributed by atoms with Gasteiger partial charge in [-0.15, -0.1) is 21.5 Å². The van der Waals surface area contributed by atoms with Crippen molar-refractivity contribution in [3.63, 3.8) is 0 Å². The van der Waals surface area contributed by atoms with Crippen molar-refractivity contribution in [1.82, 2.24) is 14.8 Å². The molecule has 1 aromatic carbocycles. The van der Waals surface area contributed by atoms with Crippen molar-refractivity contribution in [1.29, 1.82) is 0 Å². The highest BCUT2D eigenvalue weighted by molar-refractivity contribution is 8.01. The molecule has 0 amide bonds. The normalized spacial score (nSPS) is 13.9. The third kappa shape index (κ3) is 3.98. The Bertz CT molecular complexity index is 1010. The average Bonchev–Trinajstić information content (AvgIpc) is 3.32. The Morgan fingerprint density at radius 2 is 1.93 bits per heavy atom. The molecule has 7 heteroatoms. The molecule has 0 unspecified atom stereocenters. The van der Waals surface area contributed by atoms with Crippen LogP contribution in [-0.4, -0.2) is 32.1 Å². The van der Waals surface area contributed by atoms with Crippen molar-refractivity contribution in [3.8, 4) is 15.4 Å². The van der Waals surface area contributed by atoms with Crippen LogP contribution in [0.3, 0.4) is 0 Å². The zero-order valence-corrected chi connectivity index (χ0v) is 18.6. The first-order chi connectivity index (χ1) is 14.0. The van der Waals surface area contributed by atoms with E-state index in [0.717, 1.165) is 18.0 Å². The van der Waals surface area contributed by atoms with E-state index in [1.165, 1.54) is 51.2 Å². The van der Waals surface area contributed by atoms with E-state index in [-0.39, 0.29) is 5.97 Å². The van der Waals surface area contributed by atoms with Gasteiger partial charge in [0.2, 0.25) is 0 Å². The number of esters is 1. The highest BCUT2D eigenvalue weighted by Crippen LogP contribution is 2.44. The quantitative estimate of drug-likeness (QED) is 0.394. The van der Waals surface area contributed by atoms with Gasteiger partial charge in [-0.25, -0.2) is 0 Å². The molecule has 4 rings (SSSR count). The number of carbonyl (C=O) groups excluding carboxylic acids is 1. The molecule has 0 saturated heterocycles. The molecule has 0 bridgehead atoms. The maximum Gasteiger partial charge on any atom is 0.322 e. The largest absolute Gasteiger partial charge is 0.465 e. The lowest BCUT2D eigenvalue weighted by molar-refractivity contribution is -0.145. The zero-order chi connectivity index (χ0) is 20.4. The van der Waals surface area contributed by atoms with Crippen LogP contribution in [0.2, 0.25) is 0 Å². The van der Waals surface area contributed by atoms with E-state index in [2.05, 4.69) is 40.5 Å². The van der Waals surface area contributed by atoms with Gasteiger partial charge in [0.25, 0.3) is 0 Å². The maximum absolute atomic E-state index is 12.4. The molecule has 152 valence electrons. The Morgan fingerprint density at radius 1 is 1.21 bits per heavy atom. The summed E-state index contributed by atoms with van der Waals surface area (Å²) in [7, 11) is 0. The summed E-state index contributed by atoms with van der Waals surface area (Å²) in [4.78, 5) is 13.7. The van der Waals surface area contributed by atoms with E-state index in [1.54, 1.807) is 17.7 Å². The van der Waals surface area contributed by atoms with Crippen LogP contribution >= 0.6 is 23.1 Å². The highest BCUT2D eigenvalue weighted by atomic mass is 32.2. The molecule has 1 aliphatic carbocycles. The molecule has 1 aliphatic rings. The molecule has 2 heterocycles. The molecule has 0 fully saturated rings. The summed E-state index contributed by atoms with van der Waals surface area (Å²) in [6, 6.07) is 10.6. The van der Waals surface area contributed by atoms with Gasteiger partial charge in [-0.2, -0.15) is 0 Å². The van der Waals surface area contributed by atoms with E-state index in [9.17, 15) is 4.79 Å². The van der Waals surface area contributed by atoms with Crippen LogP contribution in [-0.2, 0) is 22.4 Å². The summed E-state index contributed by atoms with van der Waals surface area (Å²) in [5, 5.41) is 10.4. The third-order valence-corrected chi connectivity index (χ3v) is 7.54. The minimum Gasteiger partial charge on any atom is -0.465 e. The fraction of sp³-hybridized carbons (Fsp3) is 0.409. The Labute approximate surface area is 179 Å². The zero-order valence-electron chi connectivity index (χ0n) is 17.0. The molecule has 0 N–H and O–H groups in total. The average molecular weight is 428 g/mol. The minimum atomic E-state index is -0.736. The van der Waals surface area contributed by atoms with Crippen molar-refractivity contribution >= 4 is 29.1 Å². The maximum atomic E-state index is 12.4. The van der Waals surface area contributed by atoms with Crippen molar-refractivity contribution in [2.24, 2.45) is 0 Å². The monoisotopic (exact) mass is 427 g/mol. The summed E-state index contributed by atoms with van der Waals surface area (Å²) in [5.41, 5.74) is 4.11. The first kappa shape index (κ1) is 20.2. The Morgan fingerprint density at radius 3 is 2.66 bits per heavy atom. The number of hydrogen-bond acceptors (Lipinski definition) is 6. The van der Waals surface area contributed by atoms with Crippen LogP contribution in [0.1, 0.15) is 44.7 Å². The van der Waals surface area contributed by atoms with Gasteiger partial charge in [-0.1, -0.05) is 42.1 Å². The highest BCUT2D eigenvalue weighted by Gasteiger charge is 2.33. The molecular formula is C22H25N3O2S2. The van der Waals surface area contributed by atoms with Crippen LogP contribution in [0.4, 0.5) is 0 Å². The smallest absolute Gasteiger partial charge is 0.322 e. The van der Waals surface area contributed by atoms with E-state index in [1.807, 2.05) is 25.3 Å². The number of benzene rings is 1. The van der Waals surface area contributed by atoms with Gasteiger partial charge in [0, 0.05) is 4.88 Å². The molecule has 3 aromatic rings. The van der Waals surface area contributed by atoms with E-state index >= 15 is 0 Å². The Kier molecular flexibility index (Phi) is 5.79. The number of carbonyl (C=O) groups is 1. The molecule has 5 nitrogen and oxygen atoms in total. The molecule has 29 heavy (non-hydrogen) atoms. The molecule has 0 spiro atoms. The Hall–Kier alpha value is -2.12. The second-order valence-corrected chi connectivity index (χ2v) is 10.2. The summed E-state index contributed by atoms with van der Waals surface area (Å²) in [5.74, 6) is -0.238. The molecule has 0 aliphatic heterocycles. The predicted octanol–water partition coefficient (Wildman–Crippen LogP) is 5.31. The van der Waals surface area contributed by atoms with E-state index < -0.39 is 4.75 Å². The molecular weight excluding hydrogens is 402 g/mol. The Balaban J connectivity index is 1.75. The second-order valence-electron chi connectivity index (χ2n) is 7.58. The summed E-state index contributed by atoms with van der Waals surface area (Å²) >= 11 is 3.20. The van der Waals surface area contributed by atoms with Crippen LogP contribution in [0.5, 0.6) is 0 Å². The number of hydrogen-bond donors (Lipinski definition) is 0. The second kappa shape index (κ2) is 8.32. The standard InChI is InChI=1S/C22H25N3O2S2/c1-4-27-20(26)22(2,3)29-21-24-23-14-25(21)19-17-13-9-8-12-16(17)18(28-19)15-10-6-5-7-11-15/h5-7,10-11,14H,4,8-9,12-13H2,1-3H3. The van der Waals surface area contributed by atoms with Gasteiger partial charge in [0.1, 0.15) is 16.1 Å². The number of ether oxygens (including phenoxy) is 1. The van der Waals surface area contributed by atoms with Crippen molar-refractivity contribution in [2.45, 2.75) is 56.4 Å². The number of aromatic nitrogens is 3. The van der Waals surface area contributed by atoms with Gasteiger partial charge < -0.3 is 4.74 Å². The fourth-order valence-corrected chi connectivity index (χ4v) is 5.99. The van der Waals surface area contributed by atoms with Crippen LogP contribution < -0.4 is 0 Å². The van der Waals surface area contributed by atoms with Crippen LogP contribution in [0, 0.1) is 0 Å². The van der Waals surface area contributed by atoms with Gasteiger partial charge >= 0.3 is 5.97 Å². The van der Waals surface area contributed by atoms with Crippen LogP contribution in [0.25, 0.3) is 15.4 Å². The first-order valence-corrected chi connectivity index (χ1v) is 11.6. The third-order valence-electron chi connectivity index (χ3n) is 5.08. The van der Waals surface area contributed by atoms with Gasteiger partial charge in [0.05, 0.1) is 6.61 Å². The summed E-state index contributed by atoms with van der Waals surface area (Å²) < 4.78 is 6.55. The molecule has 0 radical (unpaired) electrons. The van der Waals surface area contributed by atoms with E-state index in [4.69, 9.17) is 4.74 Å². The van der Waals surface area contributed by atoms with Gasteiger partial charge in [0.15, 0.2) is 5.16 Å². The van der Waals surface area contributed by atoms with Crippen molar-refractivity contribution in [3.05, 3.63) is 47.8 Å². The van der Waals surface area contributed by atoms with E-state index in [0.29, 0.717) is 6.61 Å². The summed E-state index contributed by atoms with van der Waals surface area (Å²) in [6.07, 6.45) is 6.36. The van der Waals surface area contributed by atoms with Gasteiger partial charge in [-0.3, -0.25) is 9.36 Å². The van der Waals surface area contributed by atoms with Crippen LogP contribution in [0.15, 0.2) is 41.8 Å². The van der Waals surface area contributed by atoms with Crippen molar-refractivity contribution < 1.29 is 9.53 Å². The fourth-order valence-electron chi connectivity index (χ4n) is 3.64.